The Morgan fingerprint density at radius 3 is 2.73 bits per heavy atom. The van der Waals surface area contributed by atoms with Crippen LogP contribution in [-0.2, 0) is 19.4 Å². The molecule has 10 heteroatoms. The van der Waals surface area contributed by atoms with Gasteiger partial charge in [-0.1, -0.05) is 24.3 Å². The van der Waals surface area contributed by atoms with Crippen LogP contribution in [0.1, 0.15) is 61.3 Å². The van der Waals surface area contributed by atoms with Crippen LogP contribution in [0.15, 0.2) is 49.1 Å². The van der Waals surface area contributed by atoms with E-state index in [9.17, 15) is 9.59 Å². The average molecular weight is 496 g/mol. The van der Waals surface area contributed by atoms with E-state index in [0.29, 0.717) is 13.2 Å². The summed E-state index contributed by atoms with van der Waals surface area (Å²) in [5, 5.41) is 12.8. The molecule has 2 aliphatic rings. The zero-order valence-electron chi connectivity index (χ0n) is 20.2. The van der Waals surface area contributed by atoms with Gasteiger partial charge in [-0.05, 0) is 53.6 Å². The number of nitrogens with one attached hydrogen (secondary N) is 3. The second-order valence-corrected chi connectivity index (χ2v) is 9.22. The molecule has 0 bridgehead atoms. The van der Waals surface area contributed by atoms with Crippen LogP contribution < -0.4 is 15.4 Å². The quantitative estimate of drug-likeness (QED) is 0.374. The summed E-state index contributed by atoms with van der Waals surface area (Å²) in [5.74, 6) is 0.918. The molecule has 1 aliphatic heterocycles. The van der Waals surface area contributed by atoms with Gasteiger partial charge in [-0.25, -0.2) is 15.0 Å². The van der Waals surface area contributed by atoms with Crippen LogP contribution in [0.3, 0.4) is 0 Å². The number of H-pyrrole nitrogens is 1. The number of carbonyl (C=O) groups is 2. The van der Waals surface area contributed by atoms with Gasteiger partial charge in [0.15, 0.2) is 5.82 Å². The molecule has 6 rings (SSSR count). The Bertz CT molecular complexity index is 1500. The highest BCUT2D eigenvalue weighted by molar-refractivity contribution is 5.97. The zero-order valence-corrected chi connectivity index (χ0v) is 20.2. The molecule has 3 N–H and O–H groups in total. The lowest BCUT2D eigenvalue weighted by molar-refractivity contribution is 0.0931. The monoisotopic (exact) mass is 495 g/mol. The van der Waals surface area contributed by atoms with Gasteiger partial charge < -0.3 is 15.4 Å². The fourth-order valence-electron chi connectivity index (χ4n) is 5.08. The standard InChI is InChI=1S/C27H25N7O3/c1-15-18-5-6-21(20(18)4-3-19(15)25-31-14-32-34-25)33-27(36)23-11-22(29-13-30-23)26(35)28-12-16-2-7-24-17(10-16)8-9-37-24/h2-4,7,10-11,13-14,21H,5-6,8-9,12H2,1H3,(H,28,35)(H,33,36)(H,31,32,34)/t21-/m0/s1. The van der Waals surface area contributed by atoms with Crippen LogP contribution >= 0.6 is 0 Å². The molecule has 2 aromatic heterocycles. The molecule has 2 aromatic carbocycles. The molecule has 3 heterocycles. The number of nitrogens with zero attached hydrogens (tertiary/aromatic N) is 4. The summed E-state index contributed by atoms with van der Waals surface area (Å²) in [6.45, 7) is 3.10. The van der Waals surface area contributed by atoms with Gasteiger partial charge in [0.05, 0.1) is 12.6 Å². The van der Waals surface area contributed by atoms with Crippen molar-refractivity contribution in [2.75, 3.05) is 6.61 Å². The van der Waals surface area contributed by atoms with Crippen molar-refractivity contribution in [2.24, 2.45) is 0 Å². The Kier molecular flexibility index (Phi) is 5.84. The predicted molar refractivity (Wildman–Crippen MR) is 134 cm³/mol. The lowest BCUT2D eigenvalue weighted by Crippen LogP contribution is -2.29. The van der Waals surface area contributed by atoms with Crippen LogP contribution in [0.2, 0.25) is 0 Å². The van der Waals surface area contributed by atoms with Crippen LogP contribution in [0.25, 0.3) is 11.4 Å². The lowest BCUT2D eigenvalue weighted by atomic mass is 9.97. The molecule has 0 saturated carbocycles. The number of fused-ring (bicyclic) bond motifs is 2. The summed E-state index contributed by atoms with van der Waals surface area (Å²) in [6.07, 6.45) is 5.23. The average Bonchev–Trinajstić information content (AvgIpc) is 3.69. The first-order valence-corrected chi connectivity index (χ1v) is 12.2. The number of aromatic amines is 1. The summed E-state index contributed by atoms with van der Waals surface area (Å²) < 4.78 is 5.53. The molecule has 0 unspecified atom stereocenters. The van der Waals surface area contributed by atoms with E-state index in [-0.39, 0.29) is 29.2 Å². The number of hydrogen-bond donors (Lipinski definition) is 3. The molecule has 10 nitrogen and oxygen atoms in total. The summed E-state index contributed by atoms with van der Waals surface area (Å²) in [7, 11) is 0. The smallest absolute Gasteiger partial charge is 0.270 e. The predicted octanol–water partition coefficient (Wildman–Crippen LogP) is 2.85. The van der Waals surface area contributed by atoms with Gasteiger partial charge in [-0.3, -0.25) is 14.7 Å². The maximum atomic E-state index is 13.0. The Morgan fingerprint density at radius 1 is 1.03 bits per heavy atom. The molecular weight excluding hydrogens is 470 g/mol. The molecule has 2 amide bonds. The van der Waals surface area contributed by atoms with E-state index in [0.717, 1.165) is 58.7 Å². The molecule has 0 saturated heterocycles. The van der Waals surface area contributed by atoms with Crippen molar-refractivity contribution in [1.82, 2.24) is 35.8 Å². The van der Waals surface area contributed by atoms with Crippen molar-refractivity contribution in [1.29, 1.82) is 0 Å². The zero-order chi connectivity index (χ0) is 25.4. The Balaban J connectivity index is 1.12. The van der Waals surface area contributed by atoms with Crippen LogP contribution in [0.5, 0.6) is 5.75 Å². The van der Waals surface area contributed by atoms with E-state index in [2.05, 4.69) is 42.7 Å². The number of carbonyl (C=O) groups excluding carboxylic acids is 2. The molecule has 37 heavy (non-hydrogen) atoms. The third-order valence-corrected chi connectivity index (χ3v) is 7.01. The fourth-order valence-corrected chi connectivity index (χ4v) is 5.08. The summed E-state index contributed by atoms with van der Waals surface area (Å²) >= 11 is 0. The second-order valence-electron chi connectivity index (χ2n) is 9.22. The molecule has 4 aromatic rings. The molecule has 1 atom stereocenters. The number of ether oxygens (including phenoxy) is 1. The largest absolute Gasteiger partial charge is 0.493 e. The van der Waals surface area contributed by atoms with Crippen molar-refractivity contribution >= 4 is 11.8 Å². The van der Waals surface area contributed by atoms with Gasteiger partial charge in [0, 0.05) is 24.6 Å². The van der Waals surface area contributed by atoms with Gasteiger partial charge in [0.1, 0.15) is 29.8 Å². The van der Waals surface area contributed by atoms with Crippen molar-refractivity contribution < 1.29 is 14.3 Å². The molecule has 0 radical (unpaired) electrons. The topological polar surface area (TPSA) is 135 Å². The highest BCUT2D eigenvalue weighted by Gasteiger charge is 2.27. The molecule has 0 fully saturated rings. The maximum Gasteiger partial charge on any atom is 0.270 e. The van der Waals surface area contributed by atoms with Crippen molar-refractivity contribution in [3.63, 3.8) is 0 Å². The van der Waals surface area contributed by atoms with Crippen LogP contribution in [-0.4, -0.2) is 43.6 Å². The first-order chi connectivity index (χ1) is 18.1. The summed E-state index contributed by atoms with van der Waals surface area (Å²) in [6, 6.07) is 11.2. The minimum atomic E-state index is -0.366. The van der Waals surface area contributed by atoms with Crippen molar-refractivity contribution in [2.45, 2.75) is 38.8 Å². The Morgan fingerprint density at radius 2 is 1.89 bits per heavy atom. The van der Waals surface area contributed by atoms with E-state index < -0.39 is 0 Å². The van der Waals surface area contributed by atoms with E-state index in [4.69, 9.17) is 4.74 Å². The minimum Gasteiger partial charge on any atom is -0.493 e. The SMILES string of the molecule is Cc1c(-c2ncn[nH]2)ccc2c1CC[C@@H]2NC(=O)c1cc(C(=O)NCc2ccc3c(c2)CCO3)ncn1. The van der Waals surface area contributed by atoms with Crippen LogP contribution in [0, 0.1) is 6.92 Å². The molecule has 1 aliphatic carbocycles. The minimum absolute atomic E-state index is 0.138. The van der Waals surface area contributed by atoms with Gasteiger partial charge in [-0.15, -0.1) is 0 Å². The number of rotatable bonds is 6. The third-order valence-electron chi connectivity index (χ3n) is 7.01. The summed E-state index contributed by atoms with van der Waals surface area (Å²) in [5.41, 5.74) is 6.84. The number of benzene rings is 2. The third kappa shape index (κ3) is 4.42. The van der Waals surface area contributed by atoms with E-state index in [1.54, 1.807) is 0 Å². The van der Waals surface area contributed by atoms with E-state index in [1.165, 1.54) is 24.3 Å². The highest BCUT2D eigenvalue weighted by atomic mass is 16.5. The first kappa shape index (κ1) is 22.8. The number of hydrogen-bond acceptors (Lipinski definition) is 7. The van der Waals surface area contributed by atoms with Gasteiger partial charge >= 0.3 is 0 Å². The maximum absolute atomic E-state index is 13.0. The van der Waals surface area contributed by atoms with Crippen molar-refractivity contribution in [3.05, 3.63) is 88.3 Å². The first-order valence-electron chi connectivity index (χ1n) is 12.2. The molecule has 186 valence electrons. The van der Waals surface area contributed by atoms with Crippen LogP contribution in [0.4, 0.5) is 0 Å². The Hall–Kier alpha value is -4.60. The normalized spacial score (nSPS) is 15.5. The van der Waals surface area contributed by atoms with Gasteiger partial charge in [0.2, 0.25) is 0 Å². The van der Waals surface area contributed by atoms with E-state index in [1.807, 2.05) is 30.3 Å². The fraction of sp³-hybridized carbons (Fsp3) is 0.259. The lowest BCUT2D eigenvalue weighted by Gasteiger charge is -2.15. The number of aromatic nitrogens is 5. The van der Waals surface area contributed by atoms with Gasteiger partial charge in [-0.2, -0.15) is 5.10 Å². The Labute approximate surface area is 212 Å². The highest BCUT2D eigenvalue weighted by Crippen LogP contribution is 2.37. The van der Waals surface area contributed by atoms with Gasteiger partial charge in [0.25, 0.3) is 11.8 Å². The molecular formula is C27H25N7O3. The number of amides is 2. The molecule has 0 spiro atoms. The second kappa shape index (κ2) is 9.45. The summed E-state index contributed by atoms with van der Waals surface area (Å²) in [4.78, 5) is 38.2. The van der Waals surface area contributed by atoms with Crippen molar-refractivity contribution in [3.8, 4) is 17.1 Å². The van der Waals surface area contributed by atoms with E-state index >= 15 is 0 Å².